The molecule has 1 aliphatic carbocycles. The molecule has 0 saturated heterocycles. The molecule has 0 heterocycles. The lowest BCUT2D eigenvalue weighted by Crippen LogP contribution is -2.17. The highest BCUT2D eigenvalue weighted by molar-refractivity contribution is 6.22. The summed E-state index contributed by atoms with van der Waals surface area (Å²) in [7, 11) is 0. The second-order valence-electron chi connectivity index (χ2n) is 2.65. The van der Waals surface area contributed by atoms with Gasteiger partial charge in [0.2, 0.25) is 0 Å². The first-order valence-electron chi connectivity index (χ1n) is 3.74. The molecule has 0 amide bonds. The van der Waals surface area contributed by atoms with E-state index in [1.54, 1.807) is 12.2 Å². The van der Waals surface area contributed by atoms with Crippen molar-refractivity contribution in [1.29, 1.82) is 0 Å². The Morgan fingerprint density at radius 3 is 3.00 bits per heavy atom. The zero-order valence-corrected chi connectivity index (χ0v) is 7.62. The molecule has 0 spiro atoms. The molecule has 0 saturated carbocycles. The van der Waals surface area contributed by atoms with E-state index >= 15 is 0 Å². The highest BCUT2D eigenvalue weighted by atomic mass is 35.5. The van der Waals surface area contributed by atoms with Crippen molar-refractivity contribution in [1.82, 2.24) is 0 Å². The minimum absolute atomic E-state index is 0.297. The third kappa shape index (κ3) is 2.99. The van der Waals surface area contributed by atoms with E-state index in [0.29, 0.717) is 17.9 Å². The first kappa shape index (κ1) is 9.92. The molecule has 5 heteroatoms. The lowest BCUT2D eigenvalue weighted by atomic mass is 10.1. The summed E-state index contributed by atoms with van der Waals surface area (Å²) in [5.41, 5.74) is 6.08. The van der Waals surface area contributed by atoms with E-state index in [1.165, 1.54) is 0 Å². The number of carboxylic acid groups (broad SMARTS) is 1. The second kappa shape index (κ2) is 4.18. The summed E-state index contributed by atoms with van der Waals surface area (Å²) in [6.07, 6.45) is 3.70. The number of halogens is 1. The van der Waals surface area contributed by atoms with Gasteiger partial charge in [0.05, 0.1) is 11.1 Å². The number of alkyl halides is 1. The van der Waals surface area contributed by atoms with Crippen molar-refractivity contribution in [2.45, 2.75) is 11.8 Å². The summed E-state index contributed by atoms with van der Waals surface area (Å²) in [5.74, 6) is -0.453. The normalized spacial score (nSPS) is 21.8. The van der Waals surface area contributed by atoms with Gasteiger partial charge in [0.1, 0.15) is 0 Å². The van der Waals surface area contributed by atoms with Crippen LogP contribution in [0.2, 0.25) is 0 Å². The lowest BCUT2D eigenvalue weighted by molar-refractivity contribution is -0.140. The first-order valence-corrected chi connectivity index (χ1v) is 4.18. The van der Waals surface area contributed by atoms with Crippen LogP contribution in [0.5, 0.6) is 0 Å². The Morgan fingerprint density at radius 2 is 2.46 bits per heavy atom. The van der Waals surface area contributed by atoms with Crippen LogP contribution in [0, 0.1) is 0 Å². The number of rotatable bonds is 3. The lowest BCUT2D eigenvalue weighted by Gasteiger charge is -2.16. The van der Waals surface area contributed by atoms with Gasteiger partial charge in [-0.25, -0.2) is 4.79 Å². The molecule has 0 aromatic carbocycles. The van der Waals surface area contributed by atoms with E-state index in [9.17, 15) is 4.79 Å². The maximum absolute atomic E-state index is 10.2. The van der Waals surface area contributed by atoms with Crippen molar-refractivity contribution in [2.24, 2.45) is 5.73 Å². The van der Waals surface area contributed by atoms with E-state index in [2.05, 4.69) is 0 Å². The van der Waals surface area contributed by atoms with E-state index in [1.807, 2.05) is 0 Å². The molecule has 3 N–H and O–H groups in total. The maximum atomic E-state index is 10.2. The van der Waals surface area contributed by atoms with Gasteiger partial charge in [0.25, 0.3) is 0 Å². The van der Waals surface area contributed by atoms with E-state index in [4.69, 9.17) is 27.2 Å². The van der Waals surface area contributed by atoms with Crippen molar-refractivity contribution in [2.75, 3.05) is 6.61 Å². The molecule has 0 aromatic heterocycles. The molecular weight excluding hydrogens is 194 g/mol. The van der Waals surface area contributed by atoms with Crippen LogP contribution >= 0.6 is 11.6 Å². The quantitative estimate of drug-likeness (QED) is 0.667. The second-order valence-corrected chi connectivity index (χ2v) is 3.18. The van der Waals surface area contributed by atoms with Crippen molar-refractivity contribution in [3.8, 4) is 0 Å². The summed E-state index contributed by atoms with van der Waals surface area (Å²) < 4.78 is 4.94. The van der Waals surface area contributed by atoms with Gasteiger partial charge < -0.3 is 15.6 Å². The van der Waals surface area contributed by atoms with Crippen molar-refractivity contribution in [3.63, 3.8) is 0 Å². The van der Waals surface area contributed by atoms with Gasteiger partial charge >= 0.3 is 5.97 Å². The molecule has 13 heavy (non-hydrogen) atoms. The average molecular weight is 204 g/mol. The van der Waals surface area contributed by atoms with Crippen LogP contribution < -0.4 is 5.73 Å². The third-order valence-corrected chi connectivity index (χ3v) is 1.99. The predicted molar refractivity (Wildman–Crippen MR) is 48.2 cm³/mol. The Morgan fingerprint density at radius 1 is 1.77 bits per heavy atom. The minimum atomic E-state index is -1.01. The maximum Gasteiger partial charge on any atom is 0.341 e. The molecule has 0 fully saturated rings. The van der Waals surface area contributed by atoms with E-state index in [-0.39, 0.29) is 12.0 Å². The topological polar surface area (TPSA) is 72.5 Å². The monoisotopic (exact) mass is 203 g/mol. The van der Waals surface area contributed by atoms with Gasteiger partial charge in [0, 0.05) is 12.1 Å². The van der Waals surface area contributed by atoms with Crippen LogP contribution in [0.4, 0.5) is 0 Å². The number of hydrogen-bond donors (Lipinski definition) is 2. The van der Waals surface area contributed by atoms with Gasteiger partial charge in [-0.1, -0.05) is 0 Å². The molecule has 72 valence electrons. The van der Waals surface area contributed by atoms with E-state index < -0.39 is 5.97 Å². The number of aliphatic carboxylic acids is 1. The van der Waals surface area contributed by atoms with Gasteiger partial charge in [-0.05, 0) is 12.2 Å². The Balaban J connectivity index is 2.49. The van der Waals surface area contributed by atoms with Crippen molar-refractivity contribution < 1.29 is 14.6 Å². The molecule has 1 rings (SSSR count). The fraction of sp³-hybridized carbons (Fsp3) is 0.375. The number of nitrogens with two attached hydrogens (primary N) is 1. The summed E-state index contributed by atoms with van der Waals surface area (Å²) in [4.78, 5) is 10.2. The fourth-order valence-corrected chi connectivity index (χ4v) is 1.14. The minimum Gasteiger partial charge on any atom is -0.486 e. The number of allylic oxidation sites excluding steroid dienone is 4. The average Bonchev–Trinajstić information content (AvgIpc) is 2.07. The molecule has 4 nitrogen and oxygen atoms in total. The van der Waals surface area contributed by atoms with Gasteiger partial charge in [-0.2, -0.15) is 0 Å². The number of ether oxygens (including phenoxy) is 1. The summed E-state index contributed by atoms with van der Waals surface area (Å²) in [6.45, 7) is -0.344. The largest absolute Gasteiger partial charge is 0.486 e. The Hall–Kier alpha value is -1.16. The summed E-state index contributed by atoms with van der Waals surface area (Å²) >= 11 is 5.82. The molecule has 1 aliphatic rings. The Labute approximate surface area is 80.6 Å². The van der Waals surface area contributed by atoms with Crippen LogP contribution in [-0.2, 0) is 9.53 Å². The van der Waals surface area contributed by atoms with Crippen LogP contribution in [0.3, 0.4) is 0 Å². The van der Waals surface area contributed by atoms with Crippen molar-refractivity contribution in [3.05, 3.63) is 23.6 Å². The Kier molecular flexibility index (Phi) is 3.19. The third-order valence-electron chi connectivity index (χ3n) is 1.58. The SMILES string of the molecule is NC1=CC=C(OCC(=O)O)CC1Cl. The van der Waals surface area contributed by atoms with Gasteiger partial charge in [0.15, 0.2) is 6.61 Å². The number of carboxylic acids is 1. The zero-order chi connectivity index (χ0) is 9.84. The Bertz CT molecular complexity index is 273. The fourth-order valence-electron chi connectivity index (χ4n) is 0.918. The molecule has 0 bridgehead atoms. The van der Waals surface area contributed by atoms with Gasteiger partial charge in [-0.15, -0.1) is 11.6 Å². The van der Waals surface area contributed by atoms with Gasteiger partial charge in [-0.3, -0.25) is 0 Å². The zero-order valence-electron chi connectivity index (χ0n) is 6.87. The summed E-state index contributed by atoms with van der Waals surface area (Å²) in [5, 5.41) is 8.04. The number of hydrogen-bond acceptors (Lipinski definition) is 3. The van der Waals surface area contributed by atoms with Crippen LogP contribution in [0.15, 0.2) is 23.6 Å². The molecule has 0 aliphatic heterocycles. The molecular formula is C8H10ClNO3. The predicted octanol–water partition coefficient (Wildman–Crippen LogP) is 0.825. The van der Waals surface area contributed by atoms with Crippen LogP contribution in [-0.4, -0.2) is 23.1 Å². The molecule has 0 radical (unpaired) electrons. The first-order chi connectivity index (χ1) is 6.09. The van der Waals surface area contributed by atoms with Crippen molar-refractivity contribution >= 4 is 17.6 Å². The molecule has 1 atom stereocenters. The standard InChI is InChI=1S/C8H10ClNO3/c9-6-3-5(1-2-7(6)10)13-4-8(11)12/h1-2,6H,3-4,10H2,(H,11,12). The van der Waals surface area contributed by atoms with Crippen LogP contribution in [0.1, 0.15) is 6.42 Å². The highest BCUT2D eigenvalue weighted by Gasteiger charge is 2.15. The van der Waals surface area contributed by atoms with Crippen LogP contribution in [0.25, 0.3) is 0 Å². The van der Waals surface area contributed by atoms with E-state index in [0.717, 1.165) is 0 Å². The molecule has 0 aromatic rings. The summed E-state index contributed by atoms with van der Waals surface area (Å²) in [6, 6.07) is 0. The smallest absolute Gasteiger partial charge is 0.341 e. The highest BCUT2D eigenvalue weighted by Crippen LogP contribution is 2.21. The number of carbonyl (C=O) groups is 1. The molecule has 1 unspecified atom stereocenters.